The van der Waals surface area contributed by atoms with Crippen molar-refractivity contribution in [3.63, 3.8) is 0 Å². The average molecular weight is 517 g/mol. The molecule has 1 aliphatic rings. The lowest BCUT2D eigenvalue weighted by Crippen LogP contribution is -2.25. The van der Waals surface area contributed by atoms with Gasteiger partial charge in [-0.2, -0.15) is 0 Å². The summed E-state index contributed by atoms with van der Waals surface area (Å²) in [4.78, 5) is 13.9. The van der Waals surface area contributed by atoms with E-state index in [0.29, 0.717) is 6.61 Å². The first-order valence-corrected chi connectivity index (χ1v) is 8.96. The van der Waals surface area contributed by atoms with Crippen molar-refractivity contribution in [1.29, 1.82) is 0 Å². The number of hydrogen-bond donors (Lipinski definition) is 0. The Morgan fingerprint density at radius 3 is 2.23 bits per heavy atom. The molecule has 2 aromatic rings. The molecule has 1 aliphatic heterocycles. The molecular formula is C17H13I2NO2. The molecule has 0 aliphatic carbocycles. The van der Waals surface area contributed by atoms with Gasteiger partial charge in [-0.15, -0.1) is 0 Å². The largest absolute Gasteiger partial charge is 0.447 e. The minimum Gasteiger partial charge on any atom is -0.447 e. The van der Waals surface area contributed by atoms with Crippen molar-refractivity contribution in [3.8, 4) is 0 Å². The Balaban J connectivity index is 1.99. The van der Waals surface area contributed by atoms with Gasteiger partial charge in [-0.3, -0.25) is 4.90 Å². The Kier molecular flexibility index (Phi) is 5.02. The van der Waals surface area contributed by atoms with Gasteiger partial charge in [0.25, 0.3) is 0 Å². The van der Waals surface area contributed by atoms with Gasteiger partial charge in [0.05, 0.1) is 9.62 Å². The summed E-state index contributed by atoms with van der Waals surface area (Å²) in [7, 11) is 0. The van der Waals surface area contributed by atoms with Gasteiger partial charge < -0.3 is 4.74 Å². The summed E-state index contributed by atoms with van der Waals surface area (Å²) >= 11 is 4.51. The Morgan fingerprint density at radius 2 is 1.59 bits per heavy atom. The fourth-order valence-corrected chi connectivity index (χ4v) is 3.83. The van der Waals surface area contributed by atoms with E-state index in [9.17, 15) is 4.79 Å². The molecule has 1 amide bonds. The van der Waals surface area contributed by atoms with Crippen LogP contribution in [-0.4, -0.2) is 17.6 Å². The monoisotopic (exact) mass is 517 g/mol. The van der Waals surface area contributed by atoms with Crippen LogP contribution in [0.25, 0.3) is 3.58 Å². The van der Waals surface area contributed by atoms with Crippen LogP contribution in [0.2, 0.25) is 0 Å². The van der Waals surface area contributed by atoms with Crippen molar-refractivity contribution in [2.45, 2.75) is 6.04 Å². The number of cyclic esters (lactones) is 1. The standard InChI is InChI=1S/C17H13I2NO2/c18-15(13-9-5-2-6-10-13)16(19)20-14(11-22-17(20)21)12-7-3-1-4-8-12/h1-10,14H,11H2/b16-15-/t14-/m1/s1. The maximum atomic E-state index is 12.2. The maximum absolute atomic E-state index is 12.2. The maximum Gasteiger partial charge on any atom is 0.415 e. The lowest BCUT2D eigenvalue weighted by Gasteiger charge is -2.22. The molecule has 0 aromatic heterocycles. The number of halogens is 2. The van der Waals surface area contributed by atoms with E-state index in [4.69, 9.17) is 4.74 Å². The minimum absolute atomic E-state index is 0.0749. The molecular weight excluding hydrogens is 504 g/mol. The Morgan fingerprint density at radius 1 is 1.00 bits per heavy atom. The Labute approximate surface area is 156 Å². The van der Waals surface area contributed by atoms with E-state index in [0.717, 1.165) is 18.4 Å². The highest BCUT2D eigenvalue weighted by atomic mass is 127. The van der Waals surface area contributed by atoms with Gasteiger partial charge in [0.1, 0.15) is 10.3 Å². The van der Waals surface area contributed by atoms with E-state index >= 15 is 0 Å². The van der Waals surface area contributed by atoms with Gasteiger partial charge >= 0.3 is 6.09 Å². The highest BCUT2D eigenvalue weighted by molar-refractivity contribution is 14.1. The SMILES string of the molecule is O=C1OC[C@H](c2ccccc2)N1/C(I)=C(\I)c1ccccc1. The molecule has 3 rings (SSSR count). The van der Waals surface area contributed by atoms with Crippen molar-refractivity contribution in [3.05, 3.63) is 75.5 Å². The number of benzene rings is 2. The number of nitrogens with zero attached hydrogens (tertiary/aromatic N) is 1. The number of carbonyl (C=O) groups excluding carboxylic acids is 1. The second kappa shape index (κ2) is 6.99. The zero-order valence-corrected chi connectivity index (χ0v) is 15.9. The van der Waals surface area contributed by atoms with E-state index in [1.54, 1.807) is 4.90 Å². The number of rotatable bonds is 3. The molecule has 22 heavy (non-hydrogen) atoms. The quantitative estimate of drug-likeness (QED) is 0.405. The second-order valence-electron chi connectivity index (χ2n) is 4.84. The summed E-state index contributed by atoms with van der Waals surface area (Å²) in [5.74, 6) is 0. The number of amides is 1. The molecule has 1 fully saturated rings. The fourth-order valence-electron chi connectivity index (χ4n) is 2.37. The van der Waals surface area contributed by atoms with Crippen LogP contribution in [0.4, 0.5) is 4.79 Å². The van der Waals surface area contributed by atoms with Gasteiger partial charge in [-0.05, 0) is 56.3 Å². The third-order valence-electron chi connectivity index (χ3n) is 3.48. The third-order valence-corrected chi connectivity index (χ3v) is 6.70. The summed E-state index contributed by atoms with van der Waals surface area (Å²) in [6.07, 6.45) is -0.289. The molecule has 0 bridgehead atoms. The molecule has 112 valence electrons. The van der Waals surface area contributed by atoms with Gasteiger partial charge in [0.2, 0.25) is 0 Å². The van der Waals surface area contributed by atoms with Gasteiger partial charge in [-0.1, -0.05) is 60.7 Å². The normalized spacial score (nSPS) is 18.9. The summed E-state index contributed by atoms with van der Waals surface area (Å²) in [6, 6.07) is 20.0. The molecule has 0 saturated carbocycles. The van der Waals surface area contributed by atoms with Crippen LogP contribution in [0.5, 0.6) is 0 Å². The summed E-state index contributed by atoms with van der Waals surface area (Å²) in [5.41, 5.74) is 2.18. The Bertz CT molecular complexity index is 701. The summed E-state index contributed by atoms with van der Waals surface area (Å²) in [5, 5.41) is 0. The predicted molar refractivity (Wildman–Crippen MR) is 104 cm³/mol. The van der Waals surface area contributed by atoms with Gasteiger partial charge in [0.15, 0.2) is 0 Å². The molecule has 0 radical (unpaired) electrons. The van der Waals surface area contributed by atoms with Crippen LogP contribution >= 0.6 is 45.2 Å². The van der Waals surface area contributed by atoms with Crippen LogP contribution in [0, 0.1) is 0 Å². The summed E-state index contributed by atoms with van der Waals surface area (Å²) in [6.45, 7) is 0.383. The fraction of sp³-hybridized carbons (Fsp3) is 0.118. The molecule has 1 heterocycles. The smallest absolute Gasteiger partial charge is 0.415 e. The number of carbonyl (C=O) groups is 1. The second-order valence-corrected chi connectivity index (χ2v) is 6.94. The van der Waals surface area contributed by atoms with E-state index < -0.39 is 0 Å². The van der Waals surface area contributed by atoms with Crippen LogP contribution < -0.4 is 0 Å². The lowest BCUT2D eigenvalue weighted by molar-refractivity contribution is 0.166. The first-order valence-electron chi connectivity index (χ1n) is 6.80. The number of hydrogen-bond acceptors (Lipinski definition) is 2. The molecule has 5 heteroatoms. The van der Waals surface area contributed by atoms with Crippen molar-refractivity contribution >= 4 is 54.9 Å². The van der Waals surface area contributed by atoms with Crippen LogP contribution in [-0.2, 0) is 4.74 Å². The zero-order chi connectivity index (χ0) is 15.5. The van der Waals surface area contributed by atoms with E-state index in [1.165, 1.54) is 0 Å². The first kappa shape index (κ1) is 15.8. The topological polar surface area (TPSA) is 29.5 Å². The molecule has 3 nitrogen and oxygen atoms in total. The van der Waals surface area contributed by atoms with Crippen molar-refractivity contribution in [2.24, 2.45) is 0 Å². The summed E-state index contributed by atoms with van der Waals surface area (Å²) < 4.78 is 7.21. The molecule has 1 saturated heterocycles. The van der Waals surface area contributed by atoms with E-state index in [2.05, 4.69) is 45.2 Å². The zero-order valence-electron chi connectivity index (χ0n) is 11.6. The van der Waals surface area contributed by atoms with E-state index in [-0.39, 0.29) is 12.1 Å². The molecule has 0 unspecified atom stereocenters. The van der Waals surface area contributed by atoms with E-state index in [1.807, 2.05) is 60.7 Å². The lowest BCUT2D eigenvalue weighted by atomic mass is 10.1. The average Bonchev–Trinajstić information content (AvgIpc) is 2.96. The highest BCUT2D eigenvalue weighted by Gasteiger charge is 2.36. The number of ether oxygens (including phenoxy) is 1. The molecule has 1 atom stereocenters. The predicted octanol–water partition coefficient (Wildman–Crippen LogP) is 5.38. The molecule has 2 aromatic carbocycles. The van der Waals surface area contributed by atoms with Crippen LogP contribution in [0.3, 0.4) is 0 Å². The molecule has 0 N–H and O–H groups in total. The van der Waals surface area contributed by atoms with Crippen molar-refractivity contribution in [1.82, 2.24) is 4.90 Å². The first-order chi connectivity index (χ1) is 10.7. The van der Waals surface area contributed by atoms with Crippen molar-refractivity contribution < 1.29 is 9.53 Å². The van der Waals surface area contributed by atoms with Gasteiger partial charge in [-0.25, -0.2) is 4.79 Å². The minimum atomic E-state index is -0.289. The molecule has 0 spiro atoms. The highest BCUT2D eigenvalue weighted by Crippen LogP contribution is 2.39. The van der Waals surface area contributed by atoms with Crippen LogP contribution in [0.15, 0.2) is 64.4 Å². The third kappa shape index (κ3) is 3.15. The van der Waals surface area contributed by atoms with Gasteiger partial charge in [0, 0.05) is 0 Å². The van der Waals surface area contributed by atoms with Crippen molar-refractivity contribution in [2.75, 3.05) is 6.61 Å². The van der Waals surface area contributed by atoms with Crippen LogP contribution in [0.1, 0.15) is 17.2 Å². The Hall–Kier alpha value is -1.09.